The number of carbonyl (C=O) groups excluding carboxylic acids is 2. The van der Waals surface area contributed by atoms with Crippen molar-refractivity contribution in [2.24, 2.45) is 5.92 Å². The first-order valence-electron chi connectivity index (χ1n) is 12.5. The van der Waals surface area contributed by atoms with Gasteiger partial charge < -0.3 is 9.80 Å². The summed E-state index contributed by atoms with van der Waals surface area (Å²) in [5.41, 5.74) is 3.53. The summed E-state index contributed by atoms with van der Waals surface area (Å²) in [5.74, 6) is 0.912. The molecule has 3 aliphatic rings. The lowest BCUT2D eigenvalue weighted by molar-refractivity contribution is -0.135. The number of aromatic nitrogens is 2. The Kier molecular flexibility index (Phi) is 6.28. The summed E-state index contributed by atoms with van der Waals surface area (Å²) in [6, 6.07) is 9.95. The molecule has 32 heavy (non-hydrogen) atoms. The number of hydrogen-bond acceptors (Lipinski definition) is 3. The molecule has 170 valence electrons. The average molecular weight is 435 g/mol. The van der Waals surface area contributed by atoms with Crippen LogP contribution in [0.2, 0.25) is 0 Å². The van der Waals surface area contributed by atoms with Gasteiger partial charge in [0.05, 0.1) is 11.7 Å². The Labute approximate surface area is 190 Å². The van der Waals surface area contributed by atoms with Gasteiger partial charge in [0, 0.05) is 25.2 Å². The van der Waals surface area contributed by atoms with Gasteiger partial charge in [0.15, 0.2) is 5.69 Å². The molecule has 0 spiro atoms. The van der Waals surface area contributed by atoms with Crippen molar-refractivity contribution in [2.75, 3.05) is 18.0 Å². The monoisotopic (exact) mass is 434 g/mol. The fourth-order valence-corrected chi connectivity index (χ4v) is 5.80. The standard InChI is InChI=1S/C26H34N4O2/c31-25(14-13-19-8-2-1-3-9-19)29-16-7-6-12-24(29)21-18-22(28-27-21)26(32)30-17-15-20-10-4-5-11-23(20)30/h4-5,10-11,18-19,24H,1-3,6-9,12-17H2,(H,27,28). The molecule has 1 saturated heterocycles. The van der Waals surface area contributed by atoms with Crippen LogP contribution in [0.15, 0.2) is 30.3 Å². The molecule has 3 heterocycles. The van der Waals surface area contributed by atoms with E-state index in [1.165, 1.54) is 37.7 Å². The lowest BCUT2D eigenvalue weighted by atomic mass is 9.86. The predicted octanol–water partition coefficient (Wildman–Crippen LogP) is 5.03. The molecule has 6 heteroatoms. The number of H-pyrrole nitrogens is 1. The van der Waals surface area contributed by atoms with E-state index in [2.05, 4.69) is 16.3 Å². The Morgan fingerprint density at radius 1 is 1.00 bits per heavy atom. The number of carbonyl (C=O) groups is 2. The highest BCUT2D eigenvalue weighted by molar-refractivity contribution is 6.06. The summed E-state index contributed by atoms with van der Waals surface area (Å²) >= 11 is 0. The van der Waals surface area contributed by atoms with Crippen LogP contribution in [-0.2, 0) is 11.2 Å². The highest BCUT2D eigenvalue weighted by Gasteiger charge is 2.32. The van der Waals surface area contributed by atoms with Crippen molar-refractivity contribution < 1.29 is 9.59 Å². The Bertz CT molecular complexity index is 962. The quantitative estimate of drug-likeness (QED) is 0.718. The average Bonchev–Trinajstić information content (AvgIpc) is 3.51. The fourth-order valence-electron chi connectivity index (χ4n) is 5.80. The minimum atomic E-state index is -0.0663. The summed E-state index contributed by atoms with van der Waals surface area (Å²) in [5, 5.41) is 7.47. The summed E-state index contributed by atoms with van der Waals surface area (Å²) in [4.78, 5) is 30.2. The van der Waals surface area contributed by atoms with Gasteiger partial charge in [0.25, 0.3) is 5.91 Å². The third-order valence-electron chi connectivity index (χ3n) is 7.62. The van der Waals surface area contributed by atoms with Crippen LogP contribution in [0, 0.1) is 5.92 Å². The number of hydrogen-bond donors (Lipinski definition) is 1. The molecule has 5 rings (SSSR count). The van der Waals surface area contributed by atoms with E-state index < -0.39 is 0 Å². The molecule has 1 aromatic heterocycles. The van der Waals surface area contributed by atoms with Gasteiger partial charge in [-0.1, -0.05) is 50.3 Å². The Morgan fingerprint density at radius 2 is 1.81 bits per heavy atom. The summed E-state index contributed by atoms with van der Waals surface area (Å²) in [7, 11) is 0. The van der Waals surface area contributed by atoms with E-state index in [1.807, 2.05) is 34.1 Å². The molecule has 2 aliphatic heterocycles. The molecule has 1 aromatic carbocycles. The molecule has 2 aromatic rings. The summed E-state index contributed by atoms with van der Waals surface area (Å²) in [6.07, 6.45) is 12.2. The Balaban J connectivity index is 1.26. The summed E-state index contributed by atoms with van der Waals surface area (Å²) < 4.78 is 0. The van der Waals surface area contributed by atoms with Crippen LogP contribution < -0.4 is 4.90 Å². The van der Waals surface area contributed by atoms with Crippen LogP contribution >= 0.6 is 0 Å². The van der Waals surface area contributed by atoms with Crippen LogP contribution in [0.25, 0.3) is 0 Å². The minimum Gasteiger partial charge on any atom is -0.334 e. The molecule has 1 saturated carbocycles. The topological polar surface area (TPSA) is 69.3 Å². The SMILES string of the molecule is O=C(c1cc(C2CCCCN2C(=O)CCC2CCCCC2)[nH]n1)N1CCc2ccccc21. The highest BCUT2D eigenvalue weighted by Crippen LogP contribution is 2.34. The number of para-hydroxylation sites is 1. The first-order chi connectivity index (χ1) is 15.7. The predicted molar refractivity (Wildman–Crippen MR) is 125 cm³/mol. The van der Waals surface area contributed by atoms with Gasteiger partial charge in [-0.25, -0.2) is 0 Å². The van der Waals surface area contributed by atoms with Crippen LogP contribution in [0.1, 0.15) is 92.0 Å². The molecular formula is C26H34N4O2. The maximum atomic E-state index is 13.2. The van der Waals surface area contributed by atoms with Gasteiger partial charge in [-0.05, 0) is 55.7 Å². The van der Waals surface area contributed by atoms with E-state index in [0.29, 0.717) is 18.7 Å². The number of rotatable bonds is 5. The van der Waals surface area contributed by atoms with E-state index >= 15 is 0 Å². The molecule has 1 unspecified atom stereocenters. The Hall–Kier alpha value is -2.63. The lowest BCUT2D eigenvalue weighted by Crippen LogP contribution is -2.38. The van der Waals surface area contributed by atoms with E-state index in [0.717, 1.165) is 55.9 Å². The number of fused-ring (bicyclic) bond motifs is 1. The molecule has 1 aliphatic carbocycles. The van der Waals surface area contributed by atoms with E-state index in [9.17, 15) is 9.59 Å². The second kappa shape index (κ2) is 9.47. The molecule has 1 atom stereocenters. The molecule has 2 fully saturated rings. The molecule has 0 radical (unpaired) electrons. The van der Waals surface area contributed by atoms with Gasteiger partial charge in [-0.3, -0.25) is 14.7 Å². The molecule has 0 bridgehead atoms. The lowest BCUT2D eigenvalue weighted by Gasteiger charge is -2.35. The smallest absolute Gasteiger partial charge is 0.278 e. The van der Waals surface area contributed by atoms with Crippen LogP contribution in [0.5, 0.6) is 0 Å². The molecule has 6 nitrogen and oxygen atoms in total. The Morgan fingerprint density at radius 3 is 2.69 bits per heavy atom. The van der Waals surface area contributed by atoms with Crippen molar-refractivity contribution in [1.29, 1.82) is 0 Å². The second-order valence-electron chi connectivity index (χ2n) is 9.69. The maximum absolute atomic E-state index is 13.2. The number of piperidine rings is 1. The molecular weight excluding hydrogens is 400 g/mol. The van der Waals surface area contributed by atoms with Crippen molar-refractivity contribution in [3.05, 3.63) is 47.3 Å². The summed E-state index contributed by atoms with van der Waals surface area (Å²) in [6.45, 7) is 1.49. The first-order valence-corrected chi connectivity index (χ1v) is 12.5. The van der Waals surface area contributed by atoms with Crippen LogP contribution in [0.4, 0.5) is 5.69 Å². The van der Waals surface area contributed by atoms with Crippen molar-refractivity contribution in [2.45, 2.75) is 76.7 Å². The van der Waals surface area contributed by atoms with E-state index in [1.54, 1.807) is 0 Å². The fraction of sp³-hybridized carbons (Fsp3) is 0.577. The van der Waals surface area contributed by atoms with Gasteiger partial charge in [0.1, 0.15) is 0 Å². The zero-order valence-corrected chi connectivity index (χ0v) is 18.9. The second-order valence-corrected chi connectivity index (χ2v) is 9.69. The highest BCUT2D eigenvalue weighted by atomic mass is 16.2. The number of amides is 2. The first kappa shape index (κ1) is 21.2. The van der Waals surface area contributed by atoms with Gasteiger partial charge in [-0.15, -0.1) is 0 Å². The zero-order valence-electron chi connectivity index (χ0n) is 18.9. The van der Waals surface area contributed by atoms with Gasteiger partial charge in [0.2, 0.25) is 5.91 Å². The van der Waals surface area contributed by atoms with Crippen molar-refractivity contribution in [3.63, 3.8) is 0 Å². The normalized spacial score (nSPS) is 21.6. The number of nitrogens with one attached hydrogen (secondary N) is 1. The number of likely N-dealkylation sites (tertiary alicyclic amines) is 1. The van der Waals surface area contributed by atoms with Crippen molar-refractivity contribution >= 4 is 17.5 Å². The molecule has 1 N–H and O–H groups in total. The van der Waals surface area contributed by atoms with Crippen molar-refractivity contribution in [1.82, 2.24) is 15.1 Å². The number of benzene rings is 1. The maximum Gasteiger partial charge on any atom is 0.278 e. The number of aromatic amines is 1. The largest absolute Gasteiger partial charge is 0.334 e. The van der Waals surface area contributed by atoms with E-state index in [-0.39, 0.29) is 17.9 Å². The van der Waals surface area contributed by atoms with Gasteiger partial charge in [-0.2, -0.15) is 5.10 Å². The number of anilines is 1. The third kappa shape index (κ3) is 4.32. The third-order valence-corrected chi connectivity index (χ3v) is 7.62. The minimum absolute atomic E-state index is 0.00233. The molecule has 2 amide bonds. The van der Waals surface area contributed by atoms with Crippen LogP contribution in [0.3, 0.4) is 0 Å². The van der Waals surface area contributed by atoms with Gasteiger partial charge >= 0.3 is 0 Å². The van der Waals surface area contributed by atoms with Crippen molar-refractivity contribution in [3.8, 4) is 0 Å². The van der Waals surface area contributed by atoms with E-state index in [4.69, 9.17) is 0 Å². The van der Waals surface area contributed by atoms with Crippen LogP contribution in [-0.4, -0.2) is 40.0 Å². The zero-order chi connectivity index (χ0) is 21.9. The number of nitrogens with zero attached hydrogens (tertiary/aromatic N) is 3.